The van der Waals surface area contributed by atoms with Crippen LogP contribution in [0.1, 0.15) is 39.0 Å². The molecule has 3 heteroatoms. The quantitative estimate of drug-likeness (QED) is 0.694. The first-order valence-electron chi connectivity index (χ1n) is 5.52. The minimum absolute atomic E-state index is 0.429. The number of hydrogen-bond donors (Lipinski definition) is 1. The molecule has 0 atom stereocenters. The van der Waals surface area contributed by atoms with Gasteiger partial charge in [-0.25, -0.2) is 0 Å². The van der Waals surface area contributed by atoms with Crippen LogP contribution < -0.4 is 0 Å². The van der Waals surface area contributed by atoms with Crippen molar-refractivity contribution in [3.63, 3.8) is 0 Å². The van der Waals surface area contributed by atoms with E-state index in [9.17, 15) is 5.11 Å². The largest absolute Gasteiger partial charge is 0.389 e. The SMILES string of the molecule is CCN(CC#N)CC1(O)CCCCC1. The zero-order valence-corrected chi connectivity index (χ0v) is 9.00. The second-order valence-electron chi connectivity index (χ2n) is 4.25. The summed E-state index contributed by atoms with van der Waals surface area (Å²) in [5.74, 6) is 0. The van der Waals surface area contributed by atoms with Gasteiger partial charge in [-0.05, 0) is 19.4 Å². The number of nitrogens with zero attached hydrogens (tertiary/aromatic N) is 2. The molecule has 3 nitrogen and oxygen atoms in total. The summed E-state index contributed by atoms with van der Waals surface area (Å²) in [6.45, 7) is 3.97. The molecule has 1 saturated carbocycles. The summed E-state index contributed by atoms with van der Waals surface area (Å²) < 4.78 is 0. The van der Waals surface area contributed by atoms with Gasteiger partial charge >= 0.3 is 0 Å². The van der Waals surface area contributed by atoms with Crippen molar-refractivity contribution in [1.82, 2.24) is 4.90 Å². The summed E-state index contributed by atoms with van der Waals surface area (Å²) in [6, 6.07) is 2.14. The average molecular weight is 196 g/mol. The molecular formula is C11H20N2O. The van der Waals surface area contributed by atoms with E-state index in [1.165, 1.54) is 6.42 Å². The molecular weight excluding hydrogens is 176 g/mol. The van der Waals surface area contributed by atoms with E-state index in [-0.39, 0.29) is 0 Å². The molecule has 1 aliphatic carbocycles. The molecule has 0 aliphatic heterocycles. The third-order valence-electron chi connectivity index (χ3n) is 3.04. The summed E-state index contributed by atoms with van der Waals surface area (Å²) in [5.41, 5.74) is -0.523. The van der Waals surface area contributed by atoms with Crippen LogP contribution in [0.2, 0.25) is 0 Å². The Labute approximate surface area is 86.3 Å². The van der Waals surface area contributed by atoms with Gasteiger partial charge in [-0.15, -0.1) is 0 Å². The molecule has 80 valence electrons. The van der Waals surface area contributed by atoms with Crippen molar-refractivity contribution in [3.05, 3.63) is 0 Å². The molecule has 0 unspecified atom stereocenters. The predicted octanol–water partition coefficient (Wildman–Crippen LogP) is 1.53. The summed E-state index contributed by atoms with van der Waals surface area (Å²) in [5, 5.41) is 18.9. The van der Waals surface area contributed by atoms with Crippen LogP contribution in [0.5, 0.6) is 0 Å². The zero-order valence-electron chi connectivity index (χ0n) is 9.00. The Hall–Kier alpha value is -0.590. The van der Waals surface area contributed by atoms with E-state index in [1.807, 2.05) is 11.8 Å². The van der Waals surface area contributed by atoms with Gasteiger partial charge in [-0.2, -0.15) is 5.26 Å². The minimum Gasteiger partial charge on any atom is -0.389 e. The lowest BCUT2D eigenvalue weighted by Gasteiger charge is -2.35. The molecule has 14 heavy (non-hydrogen) atoms. The Morgan fingerprint density at radius 3 is 2.50 bits per heavy atom. The van der Waals surface area contributed by atoms with Crippen molar-refractivity contribution in [3.8, 4) is 6.07 Å². The van der Waals surface area contributed by atoms with Crippen LogP contribution in [-0.4, -0.2) is 35.2 Å². The molecule has 1 aliphatic rings. The summed E-state index contributed by atoms with van der Waals surface area (Å²) in [6.07, 6.45) is 5.29. The lowest BCUT2D eigenvalue weighted by molar-refractivity contribution is -0.0225. The lowest BCUT2D eigenvalue weighted by Crippen LogP contribution is -2.44. The molecule has 0 aromatic carbocycles. The fraction of sp³-hybridized carbons (Fsp3) is 0.909. The highest BCUT2D eigenvalue weighted by Crippen LogP contribution is 2.28. The number of rotatable bonds is 4. The van der Waals surface area contributed by atoms with E-state index in [0.29, 0.717) is 13.1 Å². The number of aliphatic hydroxyl groups is 1. The van der Waals surface area contributed by atoms with Crippen LogP contribution in [0.3, 0.4) is 0 Å². The van der Waals surface area contributed by atoms with E-state index >= 15 is 0 Å². The van der Waals surface area contributed by atoms with Gasteiger partial charge in [0.15, 0.2) is 0 Å². The summed E-state index contributed by atoms with van der Waals surface area (Å²) in [4.78, 5) is 2.02. The molecule has 1 N–H and O–H groups in total. The fourth-order valence-corrected chi connectivity index (χ4v) is 2.16. The first kappa shape index (κ1) is 11.5. The standard InChI is InChI=1S/C11H20N2O/c1-2-13(9-8-12)10-11(14)6-4-3-5-7-11/h14H,2-7,9-10H2,1H3. The van der Waals surface area contributed by atoms with Crippen LogP contribution in [0.25, 0.3) is 0 Å². The number of hydrogen-bond acceptors (Lipinski definition) is 3. The molecule has 0 spiro atoms. The smallest absolute Gasteiger partial charge is 0.0866 e. The predicted molar refractivity (Wildman–Crippen MR) is 55.8 cm³/mol. The van der Waals surface area contributed by atoms with Crippen LogP contribution in [0, 0.1) is 11.3 Å². The van der Waals surface area contributed by atoms with E-state index in [1.54, 1.807) is 0 Å². The van der Waals surface area contributed by atoms with Crippen LogP contribution in [0.15, 0.2) is 0 Å². The van der Waals surface area contributed by atoms with Gasteiger partial charge in [0.25, 0.3) is 0 Å². The van der Waals surface area contributed by atoms with Crippen molar-refractivity contribution in [2.75, 3.05) is 19.6 Å². The highest BCUT2D eigenvalue weighted by Gasteiger charge is 2.30. The van der Waals surface area contributed by atoms with Crippen LogP contribution in [0.4, 0.5) is 0 Å². The molecule has 0 amide bonds. The van der Waals surface area contributed by atoms with Crippen molar-refractivity contribution in [2.24, 2.45) is 0 Å². The van der Waals surface area contributed by atoms with Gasteiger partial charge in [0, 0.05) is 6.54 Å². The Bertz CT molecular complexity index is 204. The summed E-state index contributed by atoms with van der Waals surface area (Å²) in [7, 11) is 0. The van der Waals surface area contributed by atoms with E-state index in [0.717, 1.165) is 32.2 Å². The average Bonchev–Trinajstić information content (AvgIpc) is 2.18. The normalized spacial score (nSPS) is 20.7. The minimum atomic E-state index is -0.523. The van der Waals surface area contributed by atoms with Gasteiger partial charge in [0.2, 0.25) is 0 Å². The maximum atomic E-state index is 10.2. The monoisotopic (exact) mass is 196 g/mol. The first-order valence-corrected chi connectivity index (χ1v) is 5.52. The molecule has 1 fully saturated rings. The molecule has 0 heterocycles. The van der Waals surface area contributed by atoms with Gasteiger partial charge in [-0.3, -0.25) is 4.90 Å². The molecule has 0 bridgehead atoms. The van der Waals surface area contributed by atoms with Gasteiger partial charge in [0.05, 0.1) is 18.2 Å². The third kappa shape index (κ3) is 3.28. The van der Waals surface area contributed by atoms with Crippen molar-refractivity contribution in [2.45, 2.75) is 44.6 Å². The number of likely N-dealkylation sites (N-methyl/N-ethyl adjacent to an activating group) is 1. The molecule has 0 aromatic rings. The Morgan fingerprint density at radius 2 is 2.00 bits per heavy atom. The van der Waals surface area contributed by atoms with Gasteiger partial charge in [0.1, 0.15) is 0 Å². The highest BCUT2D eigenvalue weighted by atomic mass is 16.3. The topological polar surface area (TPSA) is 47.3 Å². The van der Waals surface area contributed by atoms with E-state index < -0.39 is 5.60 Å². The maximum Gasteiger partial charge on any atom is 0.0866 e. The Morgan fingerprint density at radius 1 is 1.36 bits per heavy atom. The third-order valence-corrected chi connectivity index (χ3v) is 3.04. The molecule has 0 saturated heterocycles. The summed E-state index contributed by atoms with van der Waals surface area (Å²) >= 11 is 0. The van der Waals surface area contributed by atoms with E-state index in [2.05, 4.69) is 6.07 Å². The number of nitriles is 1. The lowest BCUT2D eigenvalue weighted by atomic mass is 9.84. The second-order valence-corrected chi connectivity index (χ2v) is 4.25. The van der Waals surface area contributed by atoms with Crippen LogP contribution >= 0.6 is 0 Å². The maximum absolute atomic E-state index is 10.2. The fourth-order valence-electron chi connectivity index (χ4n) is 2.16. The van der Waals surface area contributed by atoms with Gasteiger partial charge in [-0.1, -0.05) is 26.2 Å². The van der Waals surface area contributed by atoms with Crippen molar-refractivity contribution >= 4 is 0 Å². The van der Waals surface area contributed by atoms with Crippen molar-refractivity contribution < 1.29 is 5.11 Å². The second kappa shape index (κ2) is 5.33. The first-order chi connectivity index (χ1) is 6.70. The molecule has 1 rings (SSSR count). The molecule has 0 aromatic heterocycles. The highest BCUT2D eigenvalue weighted by molar-refractivity contribution is 4.87. The van der Waals surface area contributed by atoms with Crippen molar-refractivity contribution in [1.29, 1.82) is 5.26 Å². The Kier molecular flexibility index (Phi) is 4.37. The van der Waals surface area contributed by atoms with E-state index in [4.69, 9.17) is 5.26 Å². The molecule has 0 radical (unpaired) electrons. The van der Waals surface area contributed by atoms with Crippen LogP contribution in [-0.2, 0) is 0 Å². The Balaban J connectivity index is 2.43. The van der Waals surface area contributed by atoms with Gasteiger partial charge < -0.3 is 5.11 Å². The zero-order chi connectivity index (χ0) is 10.4.